The van der Waals surface area contributed by atoms with Gasteiger partial charge in [-0.2, -0.15) is 4.37 Å². The van der Waals surface area contributed by atoms with Crippen LogP contribution >= 0.6 is 11.5 Å². The number of hydrogen-bond donors (Lipinski definition) is 1. The minimum atomic E-state index is -0.0950. The van der Waals surface area contributed by atoms with Crippen LogP contribution in [0.25, 0.3) is 10.1 Å². The largest absolute Gasteiger partial charge is 0.348 e. The van der Waals surface area contributed by atoms with Gasteiger partial charge in [0.25, 0.3) is 5.91 Å². The lowest BCUT2D eigenvalue weighted by Crippen LogP contribution is -2.30. The van der Waals surface area contributed by atoms with Gasteiger partial charge in [-0.05, 0) is 31.4 Å². The fourth-order valence-corrected chi connectivity index (χ4v) is 2.15. The molecule has 0 radical (unpaired) electrons. The summed E-state index contributed by atoms with van der Waals surface area (Å²) in [6, 6.07) is 7.90. The van der Waals surface area contributed by atoms with Crippen molar-refractivity contribution in [1.82, 2.24) is 9.69 Å². The molecule has 0 fully saturated rings. The Morgan fingerprint density at radius 1 is 1.40 bits per heavy atom. The molecule has 1 N–H and O–H groups in total. The maximum absolute atomic E-state index is 11.8. The third kappa shape index (κ3) is 1.99. The first-order chi connectivity index (χ1) is 7.18. The van der Waals surface area contributed by atoms with Gasteiger partial charge in [-0.25, -0.2) is 0 Å². The van der Waals surface area contributed by atoms with Crippen molar-refractivity contribution in [1.29, 1.82) is 0 Å². The van der Waals surface area contributed by atoms with Crippen LogP contribution in [0.15, 0.2) is 24.3 Å². The SMILES string of the molecule is CC(C)NC(=O)c1nsc2ccccc12. The van der Waals surface area contributed by atoms with Gasteiger partial charge in [0.1, 0.15) is 5.69 Å². The molecular formula is C11H12N2OS. The highest BCUT2D eigenvalue weighted by molar-refractivity contribution is 7.13. The lowest BCUT2D eigenvalue weighted by atomic mass is 10.2. The number of aromatic nitrogens is 1. The zero-order valence-corrected chi connectivity index (χ0v) is 9.47. The molecule has 0 spiro atoms. The van der Waals surface area contributed by atoms with Crippen molar-refractivity contribution >= 4 is 27.5 Å². The number of benzene rings is 1. The van der Waals surface area contributed by atoms with E-state index in [4.69, 9.17) is 0 Å². The summed E-state index contributed by atoms with van der Waals surface area (Å²) in [5.41, 5.74) is 0.532. The van der Waals surface area contributed by atoms with Crippen LogP contribution < -0.4 is 5.32 Å². The Kier molecular flexibility index (Phi) is 2.68. The average Bonchev–Trinajstić information content (AvgIpc) is 2.59. The number of hydrogen-bond acceptors (Lipinski definition) is 3. The van der Waals surface area contributed by atoms with E-state index in [9.17, 15) is 4.79 Å². The van der Waals surface area contributed by atoms with Crippen LogP contribution in [-0.4, -0.2) is 16.3 Å². The van der Waals surface area contributed by atoms with E-state index < -0.39 is 0 Å². The Balaban J connectivity index is 2.40. The van der Waals surface area contributed by atoms with Gasteiger partial charge in [0.2, 0.25) is 0 Å². The second-order valence-corrected chi connectivity index (χ2v) is 4.46. The second kappa shape index (κ2) is 3.98. The molecule has 2 rings (SSSR count). The van der Waals surface area contributed by atoms with E-state index in [1.807, 2.05) is 38.1 Å². The van der Waals surface area contributed by atoms with Gasteiger partial charge in [-0.15, -0.1) is 0 Å². The molecule has 2 aromatic rings. The Bertz CT molecular complexity index is 490. The maximum atomic E-state index is 11.8. The number of fused-ring (bicyclic) bond motifs is 1. The molecule has 0 aliphatic heterocycles. The third-order valence-electron chi connectivity index (χ3n) is 2.01. The summed E-state index contributed by atoms with van der Waals surface area (Å²) in [4.78, 5) is 11.8. The molecular weight excluding hydrogens is 208 g/mol. The van der Waals surface area contributed by atoms with Crippen LogP contribution in [0.1, 0.15) is 24.3 Å². The lowest BCUT2D eigenvalue weighted by Gasteiger charge is -2.05. The number of carbonyl (C=O) groups is 1. The van der Waals surface area contributed by atoms with Gasteiger partial charge < -0.3 is 5.32 Å². The van der Waals surface area contributed by atoms with E-state index in [1.54, 1.807) is 0 Å². The number of carbonyl (C=O) groups excluding carboxylic acids is 1. The number of rotatable bonds is 2. The first kappa shape index (κ1) is 10.1. The van der Waals surface area contributed by atoms with Gasteiger partial charge >= 0.3 is 0 Å². The normalized spacial score (nSPS) is 10.9. The highest BCUT2D eigenvalue weighted by Crippen LogP contribution is 2.21. The zero-order valence-electron chi connectivity index (χ0n) is 8.65. The monoisotopic (exact) mass is 220 g/mol. The fourth-order valence-electron chi connectivity index (χ4n) is 1.38. The summed E-state index contributed by atoms with van der Waals surface area (Å²) in [6.07, 6.45) is 0. The van der Waals surface area contributed by atoms with E-state index in [1.165, 1.54) is 11.5 Å². The molecule has 0 bridgehead atoms. The summed E-state index contributed by atoms with van der Waals surface area (Å²) in [5, 5.41) is 3.77. The molecule has 1 heterocycles. The van der Waals surface area contributed by atoms with E-state index in [0.717, 1.165) is 10.1 Å². The molecule has 0 saturated heterocycles. The van der Waals surface area contributed by atoms with Crippen LogP contribution in [0.4, 0.5) is 0 Å². The Morgan fingerprint density at radius 3 is 2.87 bits per heavy atom. The number of amides is 1. The summed E-state index contributed by atoms with van der Waals surface area (Å²) in [5.74, 6) is -0.0950. The minimum Gasteiger partial charge on any atom is -0.348 e. The van der Waals surface area contributed by atoms with Gasteiger partial charge in [0.15, 0.2) is 0 Å². The van der Waals surface area contributed by atoms with Crippen molar-refractivity contribution in [3.8, 4) is 0 Å². The fraction of sp³-hybridized carbons (Fsp3) is 0.273. The first-order valence-corrected chi connectivity index (χ1v) is 5.61. The predicted molar refractivity (Wildman–Crippen MR) is 62.2 cm³/mol. The highest BCUT2D eigenvalue weighted by atomic mass is 32.1. The minimum absolute atomic E-state index is 0.0950. The molecule has 0 atom stereocenters. The van der Waals surface area contributed by atoms with E-state index in [-0.39, 0.29) is 11.9 Å². The topological polar surface area (TPSA) is 42.0 Å². The van der Waals surface area contributed by atoms with Crippen molar-refractivity contribution in [2.24, 2.45) is 0 Å². The first-order valence-electron chi connectivity index (χ1n) is 4.84. The van der Waals surface area contributed by atoms with Crippen molar-refractivity contribution in [3.05, 3.63) is 30.0 Å². The summed E-state index contributed by atoms with van der Waals surface area (Å²) < 4.78 is 5.23. The third-order valence-corrected chi connectivity index (χ3v) is 2.84. The summed E-state index contributed by atoms with van der Waals surface area (Å²) in [7, 11) is 0. The van der Waals surface area contributed by atoms with Crippen molar-refractivity contribution in [2.45, 2.75) is 19.9 Å². The van der Waals surface area contributed by atoms with Gasteiger partial charge in [-0.3, -0.25) is 4.79 Å². The molecule has 3 nitrogen and oxygen atoms in total. The molecule has 4 heteroatoms. The van der Waals surface area contributed by atoms with Crippen molar-refractivity contribution in [2.75, 3.05) is 0 Å². The molecule has 0 unspecified atom stereocenters. The van der Waals surface area contributed by atoms with Crippen LogP contribution in [0.5, 0.6) is 0 Å². The standard InChI is InChI=1S/C11H12N2OS/c1-7(2)12-11(14)10-8-5-3-4-6-9(8)15-13-10/h3-7H,1-2H3,(H,12,14). The molecule has 1 aromatic heterocycles. The van der Waals surface area contributed by atoms with E-state index >= 15 is 0 Å². The van der Waals surface area contributed by atoms with E-state index in [2.05, 4.69) is 9.69 Å². The maximum Gasteiger partial charge on any atom is 0.271 e. The molecule has 15 heavy (non-hydrogen) atoms. The van der Waals surface area contributed by atoms with Gasteiger partial charge in [-0.1, -0.05) is 18.2 Å². The highest BCUT2D eigenvalue weighted by Gasteiger charge is 2.13. The summed E-state index contributed by atoms with van der Waals surface area (Å²) in [6.45, 7) is 3.87. The lowest BCUT2D eigenvalue weighted by molar-refractivity contribution is 0.0941. The molecule has 0 saturated carbocycles. The Labute approximate surface area is 92.3 Å². The predicted octanol–water partition coefficient (Wildman–Crippen LogP) is 2.43. The average molecular weight is 220 g/mol. The number of nitrogens with one attached hydrogen (secondary N) is 1. The van der Waals surface area contributed by atoms with Crippen molar-refractivity contribution < 1.29 is 4.79 Å². The molecule has 0 aliphatic carbocycles. The number of nitrogens with zero attached hydrogens (tertiary/aromatic N) is 1. The summed E-state index contributed by atoms with van der Waals surface area (Å²) >= 11 is 1.36. The second-order valence-electron chi connectivity index (χ2n) is 3.66. The molecule has 1 aromatic carbocycles. The quantitative estimate of drug-likeness (QED) is 0.844. The van der Waals surface area contributed by atoms with Crippen molar-refractivity contribution in [3.63, 3.8) is 0 Å². The molecule has 0 aliphatic rings. The van der Waals surface area contributed by atoms with Crippen LogP contribution in [0.2, 0.25) is 0 Å². The van der Waals surface area contributed by atoms with Gasteiger partial charge in [0, 0.05) is 11.4 Å². The van der Waals surface area contributed by atoms with Crippen LogP contribution in [0, 0.1) is 0 Å². The van der Waals surface area contributed by atoms with E-state index in [0.29, 0.717) is 5.69 Å². The zero-order chi connectivity index (χ0) is 10.8. The smallest absolute Gasteiger partial charge is 0.271 e. The molecule has 1 amide bonds. The molecule has 78 valence electrons. The van der Waals surface area contributed by atoms with Gasteiger partial charge in [0.05, 0.1) is 4.70 Å². The van der Waals surface area contributed by atoms with Crippen LogP contribution in [-0.2, 0) is 0 Å². The van der Waals surface area contributed by atoms with Crippen LogP contribution in [0.3, 0.4) is 0 Å². The Morgan fingerprint density at radius 2 is 2.13 bits per heavy atom. The Hall–Kier alpha value is -1.42.